The van der Waals surface area contributed by atoms with Crippen LogP contribution in [0.4, 0.5) is 11.6 Å². The SMILES string of the molecule is COc1ccc(N2CCN(C3=N[C@@H]([C@H]4CC=CCC4)n4c(nc(C)cc4=O)N3)CC2)cc1. The van der Waals surface area contributed by atoms with Crippen LogP contribution in [-0.2, 0) is 0 Å². The smallest absolute Gasteiger partial charge is 0.256 e. The molecule has 8 heteroatoms. The summed E-state index contributed by atoms with van der Waals surface area (Å²) in [6, 6.07) is 9.81. The Labute approximate surface area is 188 Å². The summed E-state index contributed by atoms with van der Waals surface area (Å²) in [5.74, 6) is 2.61. The van der Waals surface area contributed by atoms with Gasteiger partial charge < -0.3 is 14.5 Å². The number of guanidine groups is 1. The molecule has 2 atom stereocenters. The highest BCUT2D eigenvalue weighted by Gasteiger charge is 2.32. The Kier molecular flexibility index (Phi) is 5.59. The lowest BCUT2D eigenvalue weighted by Gasteiger charge is -2.40. The van der Waals surface area contributed by atoms with E-state index in [1.807, 2.05) is 19.1 Å². The average Bonchev–Trinajstić information content (AvgIpc) is 2.84. The number of rotatable bonds is 3. The van der Waals surface area contributed by atoms with E-state index in [9.17, 15) is 4.79 Å². The number of hydrogen-bond donors (Lipinski definition) is 1. The van der Waals surface area contributed by atoms with Crippen molar-refractivity contribution in [3.8, 4) is 5.75 Å². The zero-order valence-corrected chi connectivity index (χ0v) is 18.7. The van der Waals surface area contributed by atoms with E-state index in [0.717, 1.165) is 62.8 Å². The highest BCUT2D eigenvalue weighted by atomic mass is 16.5. The van der Waals surface area contributed by atoms with Gasteiger partial charge in [0.25, 0.3) is 5.56 Å². The topological polar surface area (TPSA) is 75.0 Å². The molecule has 0 spiro atoms. The third kappa shape index (κ3) is 3.97. The number of ether oxygens (including phenoxy) is 1. The number of aliphatic imine (C=N–C) groups is 1. The van der Waals surface area contributed by atoms with Crippen molar-refractivity contribution >= 4 is 17.6 Å². The van der Waals surface area contributed by atoms with Gasteiger partial charge in [-0.15, -0.1) is 0 Å². The lowest BCUT2D eigenvalue weighted by atomic mass is 9.91. The molecule has 0 amide bonds. The molecule has 1 aromatic carbocycles. The fourth-order valence-electron chi connectivity index (χ4n) is 4.80. The number of anilines is 2. The third-order valence-corrected chi connectivity index (χ3v) is 6.57. The number of fused-ring (bicyclic) bond motifs is 1. The van der Waals surface area contributed by atoms with Gasteiger partial charge in [-0.3, -0.25) is 14.7 Å². The second-order valence-electron chi connectivity index (χ2n) is 8.64. The monoisotopic (exact) mass is 434 g/mol. The molecule has 2 aromatic rings. The number of aromatic nitrogens is 2. The molecule has 1 N–H and O–H groups in total. The molecule has 3 heterocycles. The minimum Gasteiger partial charge on any atom is -0.497 e. The van der Waals surface area contributed by atoms with Gasteiger partial charge in [-0.1, -0.05) is 12.2 Å². The van der Waals surface area contributed by atoms with Gasteiger partial charge in [-0.25, -0.2) is 9.98 Å². The lowest BCUT2D eigenvalue weighted by Crippen LogP contribution is -2.52. The normalized spacial score (nSPS) is 22.8. The van der Waals surface area contributed by atoms with E-state index in [2.05, 4.69) is 44.4 Å². The first kappa shape index (κ1) is 20.6. The lowest BCUT2D eigenvalue weighted by molar-refractivity contribution is 0.296. The van der Waals surface area contributed by atoms with Crippen molar-refractivity contribution in [3.05, 3.63) is 58.5 Å². The van der Waals surface area contributed by atoms with Crippen LogP contribution in [0.15, 0.2) is 52.3 Å². The highest BCUT2D eigenvalue weighted by Crippen LogP contribution is 2.34. The molecule has 1 aromatic heterocycles. The van der Waals surface area contributed by atoms with Crippen LogP contribution in [0.5, 0.6) is 5.75 Å². The zero-order valence-electron chi connectivity index (χ0n) is 18.7. The van der Waals surface area contributed by atoms with Crippen molar-refractivity contribution in [1.29, 1.82) is 0 Å². The summed E-state index contributed by atoms with van der Waals surface area (Å²) in [6.45, 7) is 5.37. The van der Waals surface area contributed by atoms with Gasteiger partial charge in [0.05, 0.1) is 7.11 Å². The molecule has 1 fully saturated rings. The Morgan fingerprint density at radius 3 is 2.50 bits per heavy atom. The number of piperazine rings is 1. The summed E-state index contributed by atoms with van der Waals surface area (Å²) < 4.78 is 7.02. The minimum atomic E-state index is -0.216. The van der Waals surface area contributed by atoms with Crippen molar-refractivity contribution in [2.75, 3.05) is 43.5 Å². The fourth-order valence-corrected chi connectivity index (χ4v) is 4.80. The standard InChI is InChI=1S/C24H30N6O2/c1-17-16-21(31)30-22(18-6-4-3-5-7-18)26-23(27-24(30)25-17)29-14-12-28(13-15-29)19-8-10-20(32-2)11-9-19/h3-4,8-11,16,18,22H,5-7,12-15H2,1-2H3,(H,25,26,27)/t18-,22+/m0/s1. The Bertz CT molecular complexity index is 1080. The number of methoxy groups -OCH3 is 1. The van der Waals surface area contributed by atoms with Crippen LogP contribution in [0.3, 0.4) is 0 Å². The zero-order chi connectivity index (χ0) is 22.1. The highest BCUT2D eigenvalue weighted by molar-refractivity contribution is 5.93. The van der Waals surface area contributed by atoms with Gasteiger partial charge in [0.1, 0.15) is 11.9 Å². The number of aryl methyl sites for hydroxylation is 1. The maximum Gasteiger partial charge on any atom is 0.256 e. The van der Waals surface area contributed by atoms with Crippen molar-refractivity contribution < 1.29 is 4.74 Å². The van der Waals surface area contributed by atoms with E-state index < -0.39 is 0 Å². The van der Waals surface area contributed by atoms with Crippen molar-refractivity contribution in [1.82, 2.24) is 14.5 Å². The number of nitrogens with zero attached hydrogens (tertiary/aromatic N) is 5. The van der Waals surface area contributed by atoms with Gasteiger partial charge in [0.15, 0.2) is 0 Å². The largest absolute Gasteiger partial charge is 0.497 e. The Morgan fingerprint density at radius 2 is 1.81 bits per heavy atom. The summed E-state index contributed by atoms with van der Waals surface area (Å²) in [5, 5.41) is 3.36. The number of allylic oxidation sites excluding steroid dienone is 2. The molecular weight excluding hydrogens is 404 g/mol. The molecule has 5 rings (SSSR count). The summed E-state index contributed by atoms with van der Waals surface area (Å²) in [6.07, 6.45) is 7.22. The molecular formula is C24H30N6O2. The Morgan fingerprint density at radius 1 is 1.06 bits per heavy atom. The second-order valence-corrected chi connectivity index (χ2v) is 8.64. The van der Waals surface area contributed by atoms with Crippen molar-refractivity contribution in [3.63, 3.8) is 0 Å². The maximum atomic E-state index is 12.8. The Hall–Kier alpha value is -3.29. The molecule has 0 radical (unpaired) electrons. The van der Waals surface area contributed by atoms with Gasteiger partial charge in [-0.2, -0.15) is 0 Å². The number of hydrogen-bond acceptors (Lipinski definition) is 7. The van der Waals surface area contributed by atoms with Gasteiger partial charge in [0, 0.05) is 49.5 Å². The van der Waals surface area contributed by atoms with E-state index in [1.54, 1.807) is 17.7 Å². The van der Waals surface area contributed by atoms with Crippen LogP contribution in [0, 0.1) is 12.8 Å². The van der Waals surface area contributed by atoms with Crippen LogP contribution in [0.2, 0.25) is 0 Å². The number of benzene rings is 1. The third-order valence-electron chi connectivity index (χ3n) is 6.57. The van der Waals surface area contributed by atoms with E-state index in [-0.39, 0.29) is 11.7 Å². The summed E-state index contributed by atoms with van der Waals surface area (Å²) in [7, 11) is 1.69. The molecule has 8 nitrogen and oxygen atoms in total. The summed E-state index contributed by atoms with van der Waals surface area (Å²) >= 11 is 0. The van der Waals surface area contributed by atoms with Crippen molar-refractivity contribution in [2.24, 2.45) is 10.9 Å². The van der Waals surface area contributed by atoms with Crippen LogP contribution in [0.1, 0.15) is 31.1 Å². The van der Waals surface area contributed by atoms with Crippen LogP contribution >= 0.6 is 0 Å². The van der Waals surface area contributed by atoms with E-state index in [1.165, 1.54) is 5.69 Å². The predicted molar refractivity (Wildman–Crippen MR) is 127 cm³/mol. The van der Waals surface area contributed by atoms with Crippen LogP contribution in [0.25, 0.3) is 0 Å². The molecule has 32 heavy (non-hydrogen) atoms. The van der Waals surface area contributed by atoms with E-state index in [4.69, 9.17) is 9.73 Å². The number of nitrogens with one attached hydrogen (secondary N) is 1. The average molecular weight is 435 g/mol. The quantitative estimate of drug-likeness (QED) is 0.749. The molecule has 3 aliphatic rings. The molecule has 2 aliphatic heterocycles. The molecule has 0 bridgehead atoms. The van der Waals surface area contributed by atoms with Crippen LogP contribution in [-0.4, -0.2) is 53.7 Å². The first-order valence-electron chi connectivity index (χ1n) is 11.4. The fraction of sp³-hybridized carbons (Fsp3) is 0.458. The molecule has 0 saturated carbocycles. The molecule has 1 saturated heterocycles. The molecule has 0 unspecified atom stereocenters. The molecule has 168 valence electrons. The van der Waals surface area contributed by atoms with Gasteiger partial charge >= 0.3 is 0 Å². The summed E-state index contributed by atoms with van der Waals surface area (Å²) in [5.41, 5.74) is 1.89. The van der Waals surface area contributed by atoms with E-state index in [0.29, 0.717) is 11.9 Å². The minimum absolute atomic E-state index is 0.0355. The van der Waals surface area contributed by atoms with Gasteiger partial charge in [0.2, 0.25) is 11.9 Å². The first-order valence-corrected chi connectivity index (χ1v) is 11.4. The van der Waals surface area contributed by atoms with Crippen LogP contribution < -0.4 is 20.5 Å². The van der Waals surface area contributed by atoms with E-state index >= 15 is 0 Å². The van der Waals surface area contributed by atoms with Crippen molar-refractivity contribution in [2.45, 2.75) is 32.4 Å². The van der Waals surface area contributed by atoms with Gasteiger partial charge in [-0.05, 0) is 50.5 Å². The Balaban J connectivity index is 1.36. The predicted octanol–water partition coefficient (Wildman–Crippen LogP) is 3.02. The second kappa shape index (κ2) is 8.68. The first-order chi connectivity index (χ1) is 15.6. The summed E-state index contributed by atoms with van der Waals surface area (Å²) in [4.78, 5) is 27.2. The molecule has 1 aliphatic carbocycles. The maximum absolute atomic E-state index is 12.8.